The molecule has 0 radical (unpaired) electrons. The molecule has 0 saturated carbocycles. The zero-order valence-electron chi connectivity index (χ0n) is 13.6. The molecular weight excluding hydrogens is 306 g/mol. The fourth-order valence-corrected chi connectivity index (χ4v) is 3.52. The predicted octanol–water partition coefficient (Wildman–Crippen LogP) is 3.01. The maximum atomic E-state index is 6.20. The third kappa shape index (κ3) is 3.10. The van der Waals surface area contributed by atoms with Gasteiger partial charge < -0.3 is 11.5 Å². The van der Waals surface area contributed by atoms with Gasteiger partial charge in [0.1, 0.15) is 0 Å². The van der Waals surface area contributed by atoms with E-state index in [2.05, 4.69) is 31.8 Å². The number of nitrogens with zero attached hydrogens (tertiary/aromatic N) is 3. The molecule has 1 unspecified atom stereocenters. The van der Waals surface area contributed by atoms with Crippen LogP contribution >= 0.6 is 11.3 Å². The molecule has 0 saturated heterocycles. The molecule has 3 heterocycles. The summed E-state index contributed by atoms with van der Waals surface area (Å²) >= 11 is 1.71. The number of hydrogen-bond acceptors (Lipinski definition) is 6. The van der Waals surface area contributed by atoms with E-state index in [0.717, 1.165) is 21.5 Å². The van der Waals surface area contributed by atoms with Gasteiger partial charge in [0.2, 0.25) is 0 Å². The highest BCUT2D eigenvalue weighted by Gasteiger charge is 2.22. The van der Waals surface area contributed by atoms with Crippen LogP contribution < -0.4 is 11.5 Å². The van der Waals surface area contributed by atoms with E-state index in [4.69, 9.17) is 21.4 Å². The number of hydrogen-bond donors (Lipinski definition) is 2. The predicted molar refractivity (Wildman–Crippen MR) is 95.3 cm³/mol. The van der Waals surface area contributed by atoms with Crippen LogP contribution in [0.5, 0.6) is 0 Å². The van der Waals surface area contributed by atoms with Crippen molar-refractivity contribution < 1.29 is 0 Å². The van der Waals surface area contributed by atoms with Crippen molar-refractivity contribution >= 4 is 21.6 Å². The third-order valence-electron chi connectivity index (χ3n) is 3.68. The Hall–Kier alpha value is -1.89. The normalized spacial score (nSPS) is 13.4. The zero-order valence-corrected chi connectivity index (χ0v) is 14.4. The van der Waals surface area contributed by atoms with E-state index >= 15 is 0 Å². The lowest BCUT2D eigenvalue weighted by Gasteiger charge is -2.15. The molecule has 0 aliphatic rings. The molecule has 3 aromatic heterocycles. The Morgan fingerprint density at radius 2 is 1.87 bits per heavy atom. The van der Waals surface area contributed by atoms with Crippen LogP contribution in [0, 0.1) is 0 Å². The van der Waals surface area contributed by atoms with Crippen LogP contribution in [0.15, 0.2) is 30.6 Å². The Balaban J connectivity index is 2.25. The van der Waals surface area contributed by atoms with Crippen molar-refractivity contribution in [3.8, 4) is 11.4 Å². The average Bonchev–Trinajstić information content (AvgIpc) is 2.98. The van der Waals surface area contributed by atoms with E-state index in [-0.39, 0.29) is 11.5 Å². The van der Waals surface area contributed by atoms with Gasteiger partial charge in [0.25, 0.3) is 0 Å². The summed E-state index contributed by atoms with van der Waals surface area (Å²) in [6.07, 6.45) is 3.47. The van der Waals surface area contributed by atoms with E-state index in [1.54, 1.807) is 23.7 Å². The van der Waals surface area contributed by atoms with Crippen LogP contribution in [0.3, 0.4) is 0 Å². The molecular formula is C17H21N5S. The molecule has 120 valence electrons. The summed E-state index contributed by atoms with van der Waals surface area (Å²) in [7, 11) is 0. The van der Waals surface area contributed by atoms with Crippen molar-refractivity contribution in [1.29, 1.82) is 0 Å². The lowest BCUT2D eigenvalue weighted by Crippen LogP contribution is -2.22. The second-order valence-corrected chi connectivity index (χ2v) is 7.64. The molecule has 0 bridgehead atoms. The molecule has 0 aromatic carbocycles. The zero-order chi connectivity index (χ0) is 16.6. The van der Waals surface area contributed by atoms with Crippen LogP contribution in [-0.4, -0.2) is 21.5 Å². The van der Waals surface area contributed by atoms with E-state index < -0.39 is 0 Å². The van der Waals surface area contributed by atoms with Gasteiger partial charge in [-0.2, -0.15) is 0 Å². The highest BCUT2D eigenvalue weighted by molar-refractivity contribution is 7.19. The molecule has 3 aromatic rings. The largest absolute Gasteiger partial charge is 0.329 e. The van der Waals surface area contributed by atoms with Crippen LogP contribution in [0.1, 0.15) is 37.4 Å². The fraction of sp³-hybridized carbons (Fsp3) is 0.353. The lowest BCUT2D eigenvalue weighted by atomic mass is 9.95. The van der Waals surface area contributed by atoms with Crippen LogP contribution in [0.25, 0.3) is 21.6 Å². The number of rotatable bonds is 3. The third-order valence-corrected chi connectivity index (χ3v) is 5.25. The first-order valence-corrected chi connectivity index (χ1v) is 8.40. The first-order chi connectivity index (χ1) is 10.9. The molecule has 6 heteroatoms. The summed E-state index contributed by atoms with van der Waals surface area (Å²) in [6.45, 7) is 6.93. The van der Waals surface area contributed by atoms with Gasteiger partial charge in [0.05, 0.1) is 22.0 Å². The summed E-state index contributed by atoms with van der Waals surface area (Å²) in [6, 6.07) is 5.64. The van der Waals surface area contributed by atoms with Gasteiger partial charge in [0, 0.05) is 29.4 Å². The first kappa shape index (κ1) is 16.0. The summed E-state index contributed by atoms with van der Waals surface area (Å²) in [5, 5.41) is 0. The monoisotopic (exact) mass is 327 g/mol. The molecule has 4 N–H and O–H groups in total. The maximum absolute atomic E-state index is 6.20. The fourth-order valence-electron chi connectivity index (χ4n) is 2.31. The van der Waals surface area contributed by atoms with Crippen LogP contribution in [0.4, 0.5) is 0 Å². The summed E-state index contributed by atoms with van der Waals surface area (Å²) in [5.41, 5.74) is 14.7. The lowest BCUT2D eigenvalue weighted by molar-refractivity contribution is 0.604. The molecule has 23 heavy (non-hydrogen) atoms. The van der Waals surface area contributed by atoms with E-state index in [1.165, 1.54) is 4.88 Å². The van der Waals surface area contributed by atoms with Gasteiger partial charge in [-0.3, -0.25) is 4.98 Å². The topological polar surface area (TPSA) is 90.7 Å². The first-order valence-electron chi connectivity index (χ1n) is 7.58. The van der Waals surface area contributed by atoms with Crippen molar-refractivity contribution in [3.63, 3.8) is 0 Å². The Morgan fingerprint density at radius 1 is 1.17 bits per heavy atom. The molecule has 1 atom stereocenters. The average molecular weight is 327 g/mol. The number of aromatic nitrogens is 3. The van der Waals surface area contributed by atoms with Gasteiger partial charge in [0.15, 0.2) is 5.82 Å². The molecule has 5 nitrogen and oxygen atoms in total. The Labute approximate surface area is 139 Å². The van der Waals surface area contributed by atoms with Crippen molar-refractivity contribution in [1.82, 2.24) is 15.0 Å². The quantitative estimate of drug-likeness (QED) is 0.771. The molecule has 0 spiro atoms. The number of nitrogens with two attached hydrogens (primary N) is 2. The standard InChI is InChI=1S/C17H21N5S/c1-17(2,3)13-8-12-15(23-13)14(11(19)9-18)22-16(21-12)10-4-6-20-7-5-10/h4-8,11H,9,18-19H2,1-3H3. The van der Waals surface area contributed by atoms with Crippen molar-refractivity contribution in [2.45, 2.75) is 32.2 Å². The number of pyridine rings is 1. The van der Waals surface area contributed by atoms with Gasteiger partial charge in [-0.25, -0.2) is 9.97 Å². The number of fused-ring (bicyclic) bond motifs is 1. The Kier molecular flexibility index (Phi) is 4.14. The maximum Gasteiger partial charge on any atom is 0.160 e. The van der Waals surface area contributed by atoms with Crippen molar-refractivity contribution in [2.24, 2.45) is 11.5 Å². The molecule has 0 aliphatic heterocycles. The minimum absolute atomic E-state index is 0.0618. The smallest absolute Gasteiger partial charge is 0.160 e. The highest BCUT2D eigenvalue weighted by Crippen LogP contribution is 2.36. The second kappa shape index (κ2) is 5.96. The van der Waals surface area contributed by atoms with E-state index in [1.807, 2.05) is 12.1 Å². The van der Waals surface area contributed by atoms with Gasteiger partial charge >= 0.3 is 0 Å². The van der Waals surface area contributed by atoms with E-state index in [9.17, 15) is 0 Å². The summed E-state index contributed by atoms with van der Waals surface area (Å²) in [5.74, 6) is 0.664. The Bertz CT molecular complexity index is 820. The number of thiophene rings is 1. The van der Waals surface area contributed by atoms with Gasteiger partial charge in [-0.15, -0.1) is 11.3 Å². The minimum Gasteiger partial charge on any atom is -0.329 e. The summed E-state index contributed by atoms with van der Waals surface area (Å²) in [4.78, 5) is 14.7. The van der Waals surface area contributed by atoms with Crippen molar-refractivity contribution in [3.05, 3.63) is 41.2 Å². The van der Waals surface area contributed by atoms with Gasteiger partial charge in [-0.05, 0) is 23.6 Å². The SMILES string of the molecule is CC(C)(C)c1cc2nc(-c3ccncc3)nc(C(N)CN)c2s1. The van der Waals surface area contributed by atoms with Crippen LogP contribution in [0.2, 0.25) is 0 Å². The molecule has 0 aliphatic carbocycles. The van der Waals surface area contributed by atoms with Crippen molar-refractivity contribution in [2.75, 3.05) is 6.54 Å². The second-order valence-electron chi connectivity index (χ2n) is 6.59. The Morgan fingerprint density at radius 3 is 2.48 bits per heavy atom. The van der Waals surface area contributed by atoms with Gasteiger partial charge in [-0.1, -0.05) is 20.8 Å². The highest BCUT2D eigenvalue weighted by atomic mass is 32.1. The molecule has 0 amide bonds. The summed E-state index contributed by atoms with van der Waals surface area (Å²) < 4.78 is 1.03. The molecule has 0 fully saturated rings. The molecule has 3 rings (SSSR count). The van der Waals surface area contributed by atoms with E-state index in [0.29, 0.717) is 12.4 Å². The minimum atomic E-state index is -0.299. The van der Waals surface area contributed by atoms with Crippen LogP contribution in [-0.2, 0) is 5.41 Å².